The second-order valence-corrected chi connectivity index (χ2v) is 6.52. The number of anilines is 1. The maximum Gasteiger partial charge on any atom is 0.241 e. The number of imidazole rings is 1. The van der Waals surface area contributed by atoms with Gasteiger partial charge in [-0.15, -0.1) is 24.8 Å². The highest BCUT2D eigenvalue weighted by Gasteiger charge is 2.18. The number of carbonyl (C=O) groups is 1. The van der Waals surface area contributed by atoms with Crippen LogP contribution in [0, 0.1) is 5.92 Å². The third-order valence-electron chi connectivity index (χ3n) is 4.43. The van der Waals surface area contributed by atoms with Crippen molar-refractivity contribution in [2.45, 2.75) is 45.7 Å². The Morgan fingerprint density at radius 1 is 1.20 bits per heavy atom. The van der Waals surface area contributed by atoms with Gasteiger partial charge in [-0.3, -0.25) is 4.79 Å². The number of benzene rings is 1. The number of amides is 1. The van der Waals surface area contributed by atoms with E-state index < -0.39 is 6.04 Å². The van der Waals surface area contributed by atoms with Crippen molar-refractivity contribution in [2.24, 2.45) is 11.7 Å². The van der Waals surface area contributed by atoms with E-state index in [1.165, 1.54) is 18.5 Å². The van der Waals surface area contributed by atoms with Gasteiger partial charge in [-0.2, -0.15) is 0 Å². The van der Waals surface area contributed by atoms with Crippen molar-refractivity contribution in [2.75, 3.05) is 5.32 Å². The Kier molecular flexibility index (Phi) is 7.93. The van der Waals surface area contributed by atoms with Gasteiger partial charge < -0.3 is 15.6 Å². The highest BCUT2D eigenvalue weighted by Crippen LogP contribution is 2.25. The second kappa shape index (κ2) is 9.22. The first-order chi connectivity index (χ1) is 11.1. The molecular weight excluding hydrogens is 359 g/mol. The zero-order chi connectivity index (χ0) is 16.4. The summed E-state index contributed by atoms with van der Waals surface area (Å²) < 4.78 is 2.30. The predicted molar refractivity (Wildman–Crippen MR) is 107 cm³/mol. The lowest BCUT2D eigenvalue weighted by Crippen LogP contribution is -2.39. The summed E-state index contributed by atoms with van der Waals surface area (Å²) in [6, 6.07) is 7.32. The molecular formula is C18H26Cl2N4O. The molecule has 0 fully saturated rings. The smallest absolute Gasteiger partial charge is 0.241 e. The fourth-order valence-corrected chi connectivity index (χ4v) is 2.90. The summed E-state index contributed by atoms with van der Waals surface area (Å²) in [4.78, 5) is 16.6. The number of rotatable bonds is 4. The Labute approximate surface area is 161 Å². The summed E-state index contributed by atoms with van der Waals surface area (Å²) in [5.41, 5.74) is 9.01. The summed E-state index contributed by atoms with van der Waals surface area (Å²) in [6.45, 7) is 4.91. The normalized spacial score (nSPS) is 14.1. The van der Waals surface area contributed by atoms with Crippen LogP contribution in [0.4, 0.5) is 5.69 Å². The lowest BCUT2D eigenvalue weighted by Gasteiger charge is -2.17. The van der Waals surface area contributed by atoms with Crippen LogP contribution in [-0.2, 0) is 17.8 Å². The van der Waals surface area contributed by atoms with Crippen molar-refractivity contribution in [3.63, 3.8) is 0 Å². The maximum absolute atomic E-state index is 12.0. The molecule has 2 heterocycles. The number of aryl methyl sites for hydroxylation is 1. The quantitative estimate of drug-likeness (QED) is 0.844. The first kappa shape index (κ1) is 21.5. The minimum atomic E-state index is -0.492. The first-order valence-corrected chi connectivity index (χ1v) is 8.27. The van der Waals surface area contributed by atoms with Gasteiger partial charge in [0, 0.05) is 29.7 Å². The molecule has 1 aromatic heterocycles. The fraction of sp³-hybridized carbons (Fsp3) is 0.444. The van der Waals surface area contributed by atoms with Gasteiger partial charge in [0.25, 0.3) is 0 Å². The first-order valence-electron chi connectivity index (χ1n) is 8.27. The van der Waals surface area contributed by atoms with Crippen LogP contribution in [0.15, 0.2) is 30.5 Å². The molecule has 3 rings (SSSR count). The Hall–Kier alpha value is -1.56. The summed E-state index contributed by atoms with van der Waals surface area (Å²) >= 11 is 0. The lowest BCUT2D eigenvalue weighted by molar-refractivity contribution is -0.118. The molecule has 0 saturated heterocycles. The van der Waals surface area contributed by atoms with Crippen molar-refractivity contribution in [1.82, 2.24) is 9.55 Å². The zero-order valence-electron chi connectivity index (χ0n) is 14.6. The van der Waals surface area contributed by atoms with Crippen LogP contribution in [0.2, 0.25) is 0 Å². The van der Waals surface area contributed by atoms with Crippen molar-refractivity contribution in [3.05, 3.63) is 36.2 Å². The van der Waals surface area contributed by atoms with Gasteiger partial charge in [-0.05, 0) is 49.4 Å². The highest BCUT2D eigenvalue weighted by atomic mass is 35.5. The Morgan fingerprint density at radius 2 is 1.88 bits per heavy atom. The molecule has 0 aliphatic carbocycles. The van der Waals surface area contributed by atoms with Gasteiger partial charge in [0.2, 0.25) is 5.91 Å². The number of nitrogens with one attached hydrogen (secondary N) is 1. The number of fused-ring (bicyclic) bond motifs is 1. The molecule has 0 bridgehead atoms. The van der Waals surface area contributed by atoms with Crippen LogP contribution in [-0.4, -0.2) is 21.5 Å². The average molecular weight is 385 g/mol. The van der Waals surface area contributed by atoms with Crippen molar-refractivity contribution in [1.29, 1.82) is 0 Å². The van der Waals surface area contributed by atoms with Gasteiger partial charge in [0.05, 0.1) is 6.04 Å². The molecule has 138 valence electrons. The van der Waals surface area contributed by atoms with E-state index >= 15 is 0 Å². The van der Waals surface area contributed by atoms with E-state index in [1.807, 2.05) is 44.3 Å². The van der Waals surface area contributed by atoms with Crippen LogP contribution in [0.25, 0.3) is 11.4 Å². The number of nitrogens with two attached hydrogens (primary N) is 1. The molecule has 0 spiro atoms. The molecule has 5 nitrogen and oxygen atoms in total. The van der Waals surface area contributed by atoms with E-state index in [-0.39, 0.29) is 36.6 Å². The van der Waals surface area contributed by atoms with E-state index in [0.29, 0.717) is 0 Å². The standard InChI is InChI=1S/C18H24N4O.2ClH/c1-12(2)16(19)18(23)21-14-8-6-13(7-9-14)17-20-11-15-5-3-4-10-22(15)17;;/h6-9,11-12,16H,3-5,10,19H2,1-2H3,(H,21,23);2*1H/t16-;;/m0../s1. The second-order valence-electron chi connectivity index (χ2n) is 6.52. The molecule has 1 amide bonds. The van der Waals surface area contributed by atoms with Crippen LogP contribution < -0.4 is 11.1 Å². The minimum Gasteiger partial charge on any atom is -0.328 e. The number of nitrogens with zero attached hydrogens (tertiary/aromatic N) is 2. The minimum absolute atomic E-state index is 0. The van der Waals surface area contributed by atoms with Crippen LogP contribution in [0.1, 0.15) is 32.4 Å². The molecule has 0 unspecified atom stereocenters. The van der Waals surface area contributed by atoms with E-state index in [1.54, 1.807) is 0 Å². The number of carbonyl (C=O) groups excluding carboxylic acids is 1. The van der Waals surface area contributed by atoms with Gasteiger partial charge in [-0.1, -0.05) is 13.8 Å². The maximum atomic E-state index is 12.0. The van der Waals surface area contributed by atoms with Crippen molar-refractivity contribution in [3.8, 4) is 11.4 Å². The SMILES string of the molecule is CC(C)[C@H](N)C(=O)Nc1ccc(-c2ncc3n2CCCC3)cc1.Cl.Cl. The molecule has 1 aliphatic rings. The Balaban J connectivity index is 0.00000156. The monoisotopic (exact) mass is 384 g/mol. The molecule has 1 atom stereocenters. The largest absolute Gasteiger partial charge is 0.328 e. The van der Waals surface area contributed by atoms with Gasteiger partial charge in [0.1, 0.15) is 5.82 Å². The molecule has 1 aliphatic heterocycles. The molecule has 2 aromatic rings. The number of hydrogen-bond acceptors (Lipinski definition) is 3. The lowest BCUT2D eigenvalue weighted by atomic mass is 10.0. The molecule has 0 saturated carbocycles. The topological polar surface area (TPSA) is 72.9 Å². The third kappa shape index (κ3) is 4.75. The fourth-order valence-electron chi connectivity index (χ4n) is 2.90. The zero-order valence-corrected chi connectivity index (χ0v) is 16.2. The van der Waals surface area contributed by atoms with E-state index in [9.17, 15) is 4.79 Å². The predicted octanol–water partition coefficient (Wildman–Crippen LogP) is 3.65. The highest BCUT2D eigenvalue weighted by molar-refractivity contribution is 5.95. The Morgan fingerprint density at radius 3 is 2.52 bits per heavy atom. The van der Waals surface area contributed by atoms with Crippen LogP contribution >= 0.6 is 24.8 Å². The number of hydrogen-bond donors (Lipinski definition) is 2. The third-order valence-corrected chi connectivity index (χ3v) is 4.43. The summed E-state index contributed by atoms with van der Waals surface area (Å²) in [7, 11) is 0. The van der Waals surface area contributed by atoms with Crippen molar-refractivity contribution < 1.29 is 4.79 Å². The van der Waals surface area contributed by atoms with Gasteiger partial charge in [0.15, 0.2) is 0 Å². The average Bonchev–Trinajstić information content (AvgIpc) is 2.98. The van der Waals surface area contributed by atoms with Crippen LogP contribution in [0.5, 0.6) is 0 Å². The van der Waals surface area contributed by atoms with E-state index in [4.69, 9.17) is 5.73 Å². The summed E-state index contributed by atoms with van der Waals surface area (Å²) in [5, 5.41) is 2.87. The summed E-state index contributed by atoms with van der Waals surface area (Å²) in [6.07, 6.45) is 5.53. The molecule has 25 heavy (non-hydrogen) atoms. The number of aromatic nitrogens is 2. The van der Waals surface area contributed by atoms with Gasteiger partial charge in [-0.25, -0.2) is 4.98 Å². The van der Waals surface area contributed by atoms with E-state index in [0.717, 1.165) is 30.0 Å². The molecule has 0 radical (unpaired) electrons. The van der Waals surface area contributed by atoms with Crippen molar-refractivity contribution >= 4 is 36.4 Å². The Bertz CT molecular complexity index is 698. The molecule has 7 heteroatoms. The summed E-state index contributed by atoms with van der Waals surface area (Å²) in [5.74, 6) is 0.980. The van der Waals surface area contributed by atoms with Gasteiger partial charge >= 0.3 is 0 Å². The molecule has 3 N–H and O–H groups in total. The number of halogens is 2. The van der Waals surface area contributed by atoms with Crippen LogP contribution in [0.3, 0.4) is 0 Å². The molecule has 1 aromatic carbocycles. The van der Waals surface area contributed by atoms with E-state index in [2.05, 4.69) is 14.9 Å².